The van der Waals surface area contributed by atoms with Crippen molar-refractivity contribution in [3.8, 4) is 0 Å². The molecule has 4 N–H and O–H groups in total. The summed E-state index contributed by atoms with van der Waals surface area (Å²) in [7, 11) is 0. The summed E-state index contributed by atoms with van der Waals surface area (Å²) >= 11 is 1.17. The molecule has 2 aromatic heterocycles. The van der Waals surface area contributed by atoms with Crippen molar-refractivity contribution in [2.24, 2.45) is 16.5 Å². The zero-order valence-electron chi connectivity index (χ0n) is 9.12. The summed E-state index contributed by atoms with van der Waals surface area (Å²) in [5.41, 5.74) is 11.1. The lowest BCUT2D eigenvalue weighted by atomic mass is 10.4. The number of aliphatic imine (C=N–C) groups is 1. The van der Waals surface area contributed by atoms with Gasteiger partial charge in [-0.3, -0.25) is 9.36 Å². The first-order valence-corrected chi connectivity index (χ1v) is 5.64. The summed E-state index contributed by atoms with van der Waals surface area (Å²) in [5.74, 6) is -0.208. The predicted molar refractivity (Wildman–Crippen MR) is 66.5 cm³/mol. The normalized spacial score (nSPS) is 10.2. The van der Waals surface area contributed by atoms with Crippen LogP contribution in [-0.4, -0.2) is 21.4 Å². The van der Waals surface area contributed by atoms with Crippen LogP contribution in [-0.2, 0) is 0 Å². The molecule has 0 saturated heterocycles. The number of guanidine groups is 1. The molecule has 0 aliphatic heterocycles. The van der Waals surface area contributed by atoms with Crippen LogP contribution in [0.15, 0.2) is 29.5 Å². The van der Waals surface area contributed by atoms with Crippen LogP contribution in [0.3, 0.4) is 0 Å². The minimum Gasteiger partial charge on any atom is -0.370 e. The van der Waals surface area contributed by atoms with E-state index in [1.165, 1.54) is 15.9 Å². The lowest BCUT2D eigenvalue weighted by molar-refractivity contribution is 0.0963. The Morgan fingerprint density at radius 3 is 2.65 bits per heavy atom. The zero-order chi connectivity index (χ0) is 12.4. The maximum atomic E-state index is 12.0. The van der Waals surface area contributed by atoms with E-state index in [4.69, 9.17) is 11.5 Å². The van der Waals surface area contributed by atoms with Gasteiger partial charge in [0.15, 0.2) is 5.96 Å². The standard InChI is InChI=1S/C10H11N5OS/c1-6-7(8(16)15-4-2-3-5-15)17-10(13-6)14-9(11)12/h2-5H,1H3,(H4,11,12,13,14). The third-order valence-corrected chi connectivity index (χ3v) is 3.08. The summed E-state index contributed by atoms with van der Waals surface area (Å²) in [4.78, 5) is 20.5. The molecule has 17 heavy (non-hydrogen) atoms. The average Bonchev–Trinajstić information content (AvgIpc) is 2.85. The number of carbonyl (C=O) groups excluding carboxylic acids is 1. The fraction of sp³-hybridized carbons (Fsp3) is 0.100. The van der Waals surface area contributed by atoms with Crippen molar-refractivity contribution >= 4 is 28.3 Å². The van der Waals surface area contributed by atoms with Gasteiger partial charge in [0.05, 0.1) is 5.69 Å². The van der Waals surface area contributed by atoms with Gasteiger partial charge in [0.1, 0.15) is 4.88 Å². The molecule has 0 atom stereocenters. The van der Waals surface area contributed by atoms with Gasteiger partial charge in [0.25, 0.3) is 5.91 Å². The largest absolute Gasteiger partial charge is 0.370 e. The molecule has 0 bridgehead atoms. The third-order valence-electron chi connectivity index (χ3n) is 2.04. The van der Waals surface area contributed by atoms with E-state index >= 15 is 0 Å². The van der Waals surface area contributed by atoms with Crippen molar-refractivity contribution in [2.45, 2.75) is 6.92 Å². The molecule has 7 heteroatoms. The maximum Gasteiger partial charge on any atom is 0.273 e. The number of thiazole rings is 1. The number of nitrogens with zero attached hydrogens (tertiary/aromatic N) is 3. The molecule has 6 nitrogen and oxygen atoms in total. The minimum atomic E-state index is -0.137. The molecule has 0 amide bonds. The minimum absolute atomic E-state index is 0.0706. The molecule has 88 valence electrons. The average molecular weight is 249 g/mol. The Labute approximate surface area is 102 Å². The van der Waals surface area contributed by atoms with Gasteiger partial charge in [-0.05, 0) is 19.1 Å². The molecule has 2 aromatic rings. The molecule has 0 radical (unpaired) electrons. The van der Waals surface area contributed by atoms with Crippen LogP contribution < -0.4 is 11.5 Å². The van der Waals surface area contributed by atoms with Crippen molar-refractivity contribution in [3.05, 3.63) is 35.1 Å². The third kappa shape index (κ3) is 2.34. The van der Waals surface area contributed by atoms with E-state index in [2.05, 4.69) is 9.98 Å². The van der Waals surface area contributed by atoms with E-state index in [0.29, 0.717) is 15.7 Å². The van der Waals surface area contributed by atoms with Crippen molar-refractivity contribution in [3.63, 3.8) is 0 Å². The Balaban J connectivity index is 2.37. The van der Waals surface area contributed by atoms with E-state index in [0.717, 1.165) is 0 Å². The highest BCUT2D eigenvalue weighted by molar-refractivity contribution is 7.17. The van der Waals surface area contributed by atoms with Crippen LogP contribution in [0, 0.1) is 6.92 Å². The van der Waals surface area contributed by atoms with Crippen LogP contribution in [0.5, 0.6) is 0 Å². The van der Waals surface area contributed by atoms with E-state index in [9.17, 15) is 4.79 Å². The molecule has 0 aliphatic rings. The Bertz CT molecular complexity index is 566. The first kappa shape index (κ1) is 11.3. The highest BCUT2D eigenvalue weighted by atomic mass is 32.1. The number of nitrogens with two attached hydrogens (primary N) is 2. The highest BCUT2D eigenvalue weighted by Gasteiger charge is 2.16. The molecule has 0 unspecified atom stereocenters. The molecular formula is C10H11N5OS. The van der Waals surface area contributed by atoms with Crippen molar-refractivity contribution in [1.29, 1.82) is 0 Å². The van der Waals surface area contributed by atoms with Gasteiger partial charge in [-0.15, -0.1) is 0 Å². The summed E-state index contributed by atoms with van der Waals surface area (Å²) < 4.78 is 1.49. The second-order valence-corrected chi connectivity index (χ2v) is 4.32. The Morgan fingerprint density at radius 2 is 2.06 bits per heavy atom. The summed E-state index contributed by atoms with van der Waals surface area (Å²) in [6.45, 7) is 1.75. The number of hydrogen-bond donors (Lipinski definition) is 2. The first-order chi connectivity index (χ1) is 8.08. The van der Waals surface area contributed by atoms with Crippen molar-refractivity contribution in [2.75, 3.05) is 0 Å². The van der Waals surface area contributed by atoms with Gasteiger partial charge >= 0.3 is 0 Å². The predicted octanol–water partition coefficient (Wildman–Crippen LogP) is 0.846. The summed E-state index contributed by atoms with van der Waals surface area (Å²) in [6.07, 6.45) is 3.36. The molecule has 0 fully saturated rings. The number of aryl methyl sites for hydroxylation is 1. The Morgan fingerprint density at radius 1 is 1.41 bits per heavy atom. The number of aromatic nitrogens is 2. The molecule has 0 aliphatic carbocycles. The van der Waals surface area contributed by atoms with Crippen molar-refractivity contribution in [1.82, 2.24) is 9.55 Å². The number of rotatable bonds is 2. The lowest BCUT2D eigenvalue weighted by Crippen LogP contribution is -2.21. The highest BCUT2D eigenvalue weighted by Crippen LogP contribution is 2.25. The lowest BCUT2D eigenvalue weighted by Gasteiger charge is -1.97. The first-order valence-electron chi connectivity index (χ1n) is 4.82. The van der Waals surface area contributed by atoms with Crippen LogP contribution in [0.25, 0.3) is 0 Å². The van der Waals surface area contributed by atoms with Gasteiger partial charge in [-0.2, -0.15) is 4.99 Å². The zero-order valence-corrected chi connectivity index (χ0v) is 9.94. The molecule has 0 spiro atoms. The summed E-state index contributed by atoms with van der Waals surface area (Å²) in [5, 5.41) is 0.387. The van der Waals surface area contributed by atoms with Crippen LogP contribution in [0.2, 0.25) is 0 Å². The van der Waals surface area contributed by atoms with Crippen LogP contribution >= 0.6 is 11.3 Å². The van der Waals surface area contributed by atoms with E-state index in [1.807, 2.05) is 0 Å². The fourth-order valence-electron chi connectivity index (χ4n) is 1.33. The van der Waals surface area contributed by atoms with Crippen molar-refractivity contribution < 1.29 is 4.79 Å². The van der Waals surface area contributed by atoms with E-state index < -0.39 is 0 Å². The van der Waals surface area contributed by atoms with E-state index in [1.54, 1.807) is 31.5 Å². The van der Waals surface area contributed by atoms with Gasteiger partial charge < -0.3 is 11.5 Å². The topological polar surface area (TPSA) is 99.3 Å². The second-order valence-electron chi connectivity index (χ2n) is 3.34. The van der Waals surface area contributed by atoms with Gasteiger partial charge in [0, 0.05) is 12.4 Å². The molecule has 0 saturated carbocycles. The maximum absolute atomic E-state index is 12.0. The second kappa shape index (κ2) is 4.38. The van der Waals surface area contributed by atoms with E-state index in [-0.39, 0.29) is 11.9 Å². The number of carbonyl (C=O) groups is 1. The monoisotopic (exact) mass is 249 g/mol. The fourth-order valence-corrected chi connectivity index (χ4v) is 2.23. The molecule has 2 rings (SSSR count). The molecular weight excluding hydrogens is 238 g/mol. The molecule has 0 aromatic carbocycles. The summed E-state index contributed by atoms with van der Waals surface area (Å²) in [6, 6.07) is 3.57. The Hall–Kier alpha value is -2.15. The molecule has 2 heterocycles. The Kier molecular flexibility index (Phi) is 2.92. The van der Waals surface area contributed by atoms with Gasteiger partial charge in [0.2, 0.25) is 5.13 Å². The quantitative estimate of drug-likeness (QED) is 0.608. The smallest absolute Gasteiger partial charge is 0.273 e. The van der Waals surface area contributed by atoms with Crippen LogP contribution in [0.4, 0.5) is 5.13 Å². The van der Waals surface area contributed by atoms with Gasteiger partial charge in [-0.25, -0.2) is 4.98 Å². The number of hydrogen-bond acceptors (Lipinski definition) is 4. The SMILES string of the molecule is Cc1nc(N=C(N)N)sc1C(=O)n1cccc1. The van der Waals surface area contributed by atoms with Gasteiger partial charge in [-0.1, -0.05) is 11.3 Å². The van der Waals surface area contributed by atoms with Crippen LogP contribution in [0.1, 0.15) is 15.4 Å².